The molecule has 26 heavy (non-hydrogen) atoms. The fourth-order valence-corrected chi connectivity index (χ4v) is 4.00. The minimum Gasteiger partial charge on any atom is -0.248 e. The van der Waals surface area contributed by atoms with Crippen molar-refractivity contribution in [2.75, 3.05) is 0 Å². The molecule has 0 aliphatic heterocycles. The van der Waals surface area contributed by atoms with Crippen LogP contribution in [0.2, 0.25) is 0 Å². The Hall–Kier alpha value is -0.550. The highest BCUT2D eigenvalue weighted by atomic mass is 79.9. The Morgan fingerprint density at radius 1 is 0.692 bits per heavy atom. The highest BCUT2D eigenvalue weighted by Crippen LogP contribution is 2.27. The van der Waals surface area contributed by atoms with Gasteiger partial charge in [0.25, 0.3) is 0 Å². The van der Waals surface area contributed by atoms with Crippen LogP contribution < -0.4 is 0 Å². The summed E-state index contributed by atoms with van der Waals surface area (Å²) in [6.07, 6.45) is 16.7. The van der Waals surface area contributed by atoms with Crippen LogP contribution in [0.4, 0.5) is 0 Å². The van der Waals surface area contributed by atoms with E-state index in [4.69, 9.17) is 9.97 Å². The van der Waals surface area contributed by atoms with Crippen LogP contribution in [0.1, 0.15) is 89.4 Å². The van der Waals surface area contributed by atoms with E-state index in [1.54, 1.807) is 6.20 Å². The second kappa shape index (κ2) is 12.0. The van der Waals surface area contributed by atoms with Crippen molar-refractivity contribution in [3.8, 4) is 0 Å². The van der Waals surface area contributed by atoms with Gasteiger partial charge in [-0.3, -0.25) is 0 Å². The third kappa shape index (κ3) is 6.56. The zero-order chi connectivity index (χ0) is 18.8. The fourth-order valence-electron chi connectivity index (χ4n) is 3.24. The number of halogens is 2. The number of pyridine rings is 1. The van der Waals surface area contributed by atoms with Gasteiger partial charge in [-0.2, -0.15) is 0 Å². The molecule has 0 atom stereocenters. The number of fused-ring (bicyclic) bond motifs is 1. The molecule has 144 valence electrons. The molecule has 0 N–H and O–H groups in total. The summed E-state index contributed by atoms with van der Waals surface area (Å²) in [4.78, 5) is 14.3. The maximum atomic E-state index is 4.98. The van der Waals surface area contributed by atoms with Crippen molar-refractivity contribution in [3.63, 3.8) is 0 Å². The minimum absolute atomic E-state index is 0.782. The standard InChI is InChI=1S/C21H31Br2N3/c1-3-5-7-9-10-12-14-18-17(13-11-8-6-4-2)25-19-16(22)15-24-21(23)20(19)26-18/h15H,3-14H2,1-2H3. The maximum absolute atomic E-state index is 4.98. The molecule has 0 amide bonds. The minimum atomic E-state index is 0.782. The first-order chi connectivity index (χ1) is 12.7. The topological polar surface area (TPSA) is 38.7 Å². The van der Waals surface area contributed by atoms with E-state index in [-0.39, 0.29) is 0 Å². The van der Waals surface area contributed by atoms with Crippen molar-refractivity contribution in [2.45, 2.75) is 90.9 Å². The number of unbranched alkanes of at least 4 members (excludes halogenated alkanes) is 8. The van der Waals surface area contributed by atoms with E-state index in [1.807, 2.05) is 0 Å². The lowest BCUT2D eigenvalue weighted by molar-refractivity contribution is 0.600. The van der Waals surface area contributed by atoms with Crippen molar-refractivity contribution in [1.82, 2.24) is 15.0 Å². The van der Waals surface area contributed by atoms with Crippen molar-refractivity contribution in [3.05, 3.63) is 26.7 Å². The third-order valence-electron chi connectivity index (χ3n) is 4.80. The first-order valence-electron chi connectivity index (χ1n) is 10.2. The predicted molar refractivity (Wildman–Crippen MR) is 118 cm³/mol. The summed E-state index contributed by atoms with van der Waals surface area (Å²) in [6, 6.07) is 0. The summed E-state index contributed by atoms with van der Waals surface area (Å²) in [5, 5.41) is 0. The normalized spacial score (nSPS) is 11.4. The summed E-state index contributed by atoms with van der Waals surface area (Å²) in [7, 11) is 0. The van der Waals surface area contributed by atoms with Gasteiger partial charge in [0.2, 0.25) is 0 Å². The second-order valence-electron chi connectivity index (χ2n) is 7.04. The molecular formula is C21H31Br2N3. The van der Waals surface area contributed by atoms with Crippen molar-refractivity contribution < 1.29 is 0 Å². The molecule has 0 spiro atoms. The molecule has 0 aliphatic carbocycles. The summed E-state index contributed by atoms with van der Waals surface area (Å²) >= 11 is 7.12. The molecule has 0 saturated carbocycles. The van der Waals surface area contributed by atoms with E-state index >= 15 is 0 Å². The van der Waals surface area contributed by atoms with Crippen molar-refractivity contribution in [2.24, 2.45) is 0 Å². The van der Waals surface area contributed by atoms with E-state index in [9.17, 15) is 0 Å². The van der Waals surface area contributed by atoms with Gasteiger partial charge >= 0.3 is 0 Å². The molecule has 2 heterocycles. The van der Waals surface area contributed by atoms with E-state index in [0.717, 1.165) is 33.0 Å². The number of aromatic nitrogens is 3. The van der Waals surface area contributed by atoms with E-state index < -0.39 is 0 Å². The van der Waals surface area contributed by atoms with E-state index in [0.29, 0.717) is 0 Å². The van der Waals surface area contributed by atoms with Gasteiger partial charge in [0.05, 0.1) is 15.9 Å². The average molecular weight is 485 g/mol. The maximum Gasteiger partial charge on any atom is 0.133 e. The largest absolute Gasteiger partial charge is 0.248 e. The number of aryl methyl sites for hydroxylation is 2. The Morgan fingerprint density at radius 3 is 1.81 bits per heavy atom. The van der Waals surface area contributed by atoms with Gasteiger partial charge in [-0.15, -0.1) is 0 Å². The molecule has 0 saturated heterocycles. The quantitative estimate of drug-likeness (QED) is 0.230. The van der Waals surface area contributed by atoms with Gasteiger partial charge in [-0.1, -0.05) is 65.2 Å². The van der Waals surface area contributed by atoms with Gasteiger partial charge in [-0.25, -0.2) is 15.0 Å². The summed E-state index contributed by atoms with van der Waals surface area (Å²) in [6.45, 7) is 4.51. The zero-order valence-corrected chi connectivity index (χ0v) is 19.3. The lowest BCUT2D eigenvalue weighted by atomic mass is 10.0. The van der Waals surface area contributed by atoms with Crippen LogP contribution in [0.25, 0.3) is 11.0 Å². The molecule has 2 aromatic rings. The van der Waals surface area contributed by atoms with Gasteiger partial charge in [-0.05, 0) is 57.5 Å². The number of hydrogen-bond acceptors (Lipinski definition) is 3. The Labute approximate surface area is 175 Å². The van der Waals surface area contributed by atoms with Gasteiger partial charge in [0, 0.05) is 6.20 Å². The SMILES string of the molecule is CCCCCCCCc1nc2c(Br)ncc(Br)c2nc1CCCCCC. The number of hydrogen-bond donors (Lipinski definition) is 0. The lowest BCUT2D eigenvalue weighted by Crippen LogP contribution is -2.05. The summed E-state index contributed by atoms with van der Waals surface area (Å²) in [5.74, 6) is 0. The molecule has 2 rings (SSSR count). The molecule has 0 bridgehead atoms. The van der Waals surface area contributed by atoms with Gasteiger partial charge in [0.1, 0.15) is 15.6 Å². The lowest BCUT2D eigenvalue weighted by Gasteiger charge is -2.11. The Morgan fingerprint density at radius 2 is 1.19 bits per heavy atom. The first-order valence-corrected chi connectivity index (χ1v) is 11.8. The van der Waals surface area contributed by atoms with Crippen LogP contribution in [-0.4, -0.2) is 15.0 Å². The molecular weight excluding hydrogens is 454 g/mol. The van der Waals surface area contributed by atoms with E-state index in [1.165, 1.54) is 75.6 Å². The molecule has 0 radical (unpaired) electrons. The van der Waals surface area contributed by atoms with Gasteiger partial charge in [0.15, 0.2) is 0 Å². The number of nitrogens with zero attached hydrogens (tertiary/aromatic N) is 3. The zero-order valence-electron chi connectivity index (χ0n) is 16.2. The van der Waals surface area contributed by atoms with Crippen LogP contribution in [0.3, 0.4) is 0 Å². The van der Waals surface area contributed by atoms with E-state index in [2.05, 4.69) is 50.7 Å². The predicted octanol–water partition coefficient (Wildman–Crippen LogP) is 7.58. The van der Waals surface area contributed by atoms with Gasteiger partial charge < -0.3 is 0 Å². The summed E-state index contributed by atoms with van der Waals surface area (Å²) < 4.78 is 1.70. The Bertz CT molecular complexity index is 689. The highest BCUT2D eigenvalue weighted by molar-refractivity contribution is 9.11. The Balaban J connectivity index is 2.13. The third-order valence-corrected chi connectivity index (χ3v) is 5.96. The van der Waals surface area contributed by atoms with Crippen molar-refractivity contribution in [1.29, 1.82) is 0 Å². The van der Waals surface area contributed by atoms with Crippen LogP contribution >= 0.6 is 31.9 Å². The first kappa shape index (κ1) is 21.7. The molecule has 0 unspecified atom stereocenters. The molecule has 0 fully saturated rings. The van der Waals surface area contributed by atoms with Crippen LogP contribution in [0.5, 0.6) is 0 Å². The molecule has 0 aliphatic rings. The van der Waals surface area contributed by atoms with Crippen molar-refractivity contribution >= 4 is 42.9 Å². The smallest absolute Gasteiger partial charge is 0.133 e. The molecule has 3 nitrogen and oxygen atoms in total. The monoisotopic (exact) mass is 483 g/mol. The number of rotatable bonds is 12. The molecule has 5 heteroatoms. The highest BCUT2D eigenvalue weighted by Gasteiger charge is 2.13. The second-order valence-corrected chi connectivity index (χ2v) is 8.65. The fraction of sp³-hybridized carbons (Fsp3) is 0.667. The molecule has 2 aromatic heterocycles. The average Bonchev–Trinajstić information content (AvgIpc) is 2.65. The summed E-state index contributed by atoms with van der Waals surface area (Å²) in [5.41, 5.74) is 4.15. The van der Waals surface area contributed by atoms with Crippen LogP contribution in [0, 0.1) is 0 Å². The Kier molecular flexibility index (Phi) is 10.1. The van der Waals surface area contributed by atoms with Crippen LogP contribution in [0.15, 0.2) is 15.3 Å². The van der Waals surface area contributed by atoms with Crippen LogP contribution in [-0.2, 0) is 12.8 Å². The molecule has 0 aromatic carbocycles.